The Bertz CT molecular complexity index is 452. The van der Waals surface area contributed by atoms with Gasteiger partial charge in [0.25, 0.3) is 0 Å². The van der Waals surface area contributed by atoms with Gasteiger partial charge in [-0.15, -0.1) is 0 Å². The maximum Gasteiger partial charge on any atom is 0.389 e. The molecule has 0 atom stereocenters. The van der Waals surface area contributed by atoms with Gasteiger partial charge >= 0.3 is 11.9 Å². The topological polar surface area (TPSA) is 107 Å². The van der Waals surface area contributed by atoms with Crippen molar-refractivity contribution in [1.29, 1.82) is 0 Å². The van der Waals surface area contributed by atoms with Crippen LogP contribution in [0.15, 0.2) is 6.20 Å². The van der Waals surface area contributed by atoms with Crippen molar-refractivity contribution in [2.45, 2.75) is 25.4 Å². The second kappa shape index (κ2) is 6.16. The van der Waals surface area contributed by atoms with Crippen LogP contribution in [-0.4, -0.2) is 27.6 Å². The van der Waals surface area contributed by atoms with Crippen LogP contribution >= 0.6 is 0 Å². The minimum Gasteiger partial charge on any atom is -0.368 e. The zero-order valence-corrected chi connectivity index (χ0v) is 9.78. The molecule has 0 aliphatic carbocycles. The molecule has 19 heavy (non-hydrogen) atoms. The van der Waals surface area contributed by atoms with E-state index in [4.69, 9.17) is 5.73 Å². The molecule has 10 heteroatoms. The lowest BCUT2D eigenvalue weighted by Crippen LogP contribution is -2.11. The minimum atomic E-state index is -4.19. The molecule has 1 aromatic heterocycles. The summed E-state index contributed by atoms with van der Waals surface area (Å²) >= 11 is 0. The Balaban J connectivity index is 2.49. The first kappa shape index (κ1) is 14.9. The lowest BCUT2D eigenvalue weighted by Gasteiger charge is -2.07. The fourth-order valence-corrected chi connectivity index (χ4v) is 1.31. The van der Waals surface area contributed by atoms with E-state index in [0.717, 1.165) is 6.20 Å². The quantitative estimate of drug-likeness (QED) is 0.469. The lowest BCUT2D eigenvalue weighted by molar-refractivity contribution is -0.384. The summed E-state index contributed by atoms with van der Waals surface area (Å²) < 4.78 is 35.6. The molecule has 0 aromatic carbocycles. The smallest absolute Gasteiger partial charge is 0.368 e. The molecular weight excluding hydrogens is 267 g/mol. The SMILES string of the molecule is Nc1ncc([N+](=O)[O-])c(NCCCCC(F)(F)F)n1. The van der Waals surface area contributed by atoms with Crippen molar-refractivity contribution in [3.8, 4) is 0 Å². The fourth-order valence-electron chi connectivity index (χ4n) is 1.31. The van der Waals surface area contributed by atoms with Crippen LogP contribution < -0.4 is 11.1 Å². The zero-order chi connectivity index (χ0) is 14.5. The van der Waals surface area contributed by atoms with Gasteiger partial charge in [-0.3, -0.25) is 10.1 Å². The maximum atomic E-state index is 11.9. The first-order chi connectivity index (χ1) is 8.79. The molecule has 7 nitrogen and oxygen atoms in total. The summed E-state index contributed by atoms with van der Waals surface area (Å²) in [6, 6.07) is 0. The summed E-state index contributed by atoms with van der Waals surface area (Å²) in [7, 11) is 0. The summed E-state index contributed by atoms with van der Waals surface area (Å²) in [5.74, 6) is -0.243. The first-order valence-corrected chi connectivity index (χ1v) is 5.37. The Labute approximate surface area is 106 Å². The Morgan fingerprint density at radius 2 is 2.11 bits per heavy atom. The van der Waals surface area contributed by atoms with Crippen molar-refractivity contribution in [2.75, 3.05) is 17.6 Å². The van der Waals surface area contributed by atoms with Crippen LogP contribution in [0.25, 0.3) is 0 Å². The number of alkyl halides is 3. The molecule has 0 radical (unpaired) electrons. The summed E-state index contributed by atoms with van der Waals surface area (Å²) in [5.41, 5.74) is 4.91. The Hall–Kier alpha value is -2.13. The van der Waals surface area contributed by atoms with Crippen LogP contribution in [0, 0.1) is 10.1 Å². The monoisotopic (exact) mass is 279 g/mol. The fraction of sp³-hybridized carbons (Fsp3) is 0.556. The lowest BCUT2D eigenvalue weighted by atomic mass is 10.2. The van der Waals surface area contributed by atoms with Gasteiger partial charge < -0.3 is 11.1 Å². The molecule has 0 aliphatic rings. The van der Waals surface area contributed by atoms with Gasteiger partial charge in [-0.1, -0.05) is 0 Å². The van der Waals surface area contributed by atoms with Crippen LogP contribution in [0.3, 0.4) is 0 Å². The number of hydrogen-bond acceptors (Lipinski definition) is 6. The average Bonchev–Trinajstić information content (AvgIpc) is 2.26. The van der Waals surface area contributed by atoms with Gasteiger partial charge in [0.05, 0.1) is 4.92 Å². The van der Waals surface area contributed by atoms with Gasteiger partial charge in [-0.25, -0.2) is 4.98 Å². The number of unbranched alkanes of at least 4 members (excludes halogenated alkanes) is 1. The number of nitrogens with zero attached hydrogens (tertiary/aromatic N) is 3. The molecule has 3 N–H and O–H groups in total. The Morgan fingerprint density at radius 1 is 1.42 bits per heavy atom. The second-order valence-electron chi connectivity index (χ2n) is 3.72. The third-order valence-corrected chi connectivity index (χ3v) is 2.16. The van der Waals surface area contributed by atoms with Gasteiger partial charge in [0.1, 0.15) is 6.20 Å². The van der Waals surface area contributed by atoms with E-state index in [1.54, 1.807) is 0 Å². The van der Waals surface area contributed by atoms with Crippen LogP contribution in [0.5, 0.6) is 0 Å². The molecule has 0 fully saturated rings. The number of rotatable bonds is 6. The molecule has 0 bridgehead atoms. The maximum absolute atomic E-state index is 11.9. The molecular formula is C9H12F3N5O2. The normalized spacial score (nSPS) is 11.3. The molecule has 0 saturated carbocycles. The largest absolute Gasteiger partial charge is 0.389 e. The van der Waals surface area contributed by atoms with E-state index >= 15 is 0 Å². The number of nitrogens with one attached hydrogen (secondary N) is 1. The molecule has 0 unspecified atom stereocenters. The highest BCUT2D eigenvalue weighted by molar-refractivity contribution is 5.56. The number of nitrogen functional groups attached to an aromatic ring is 1. The second-order valence-corrected chi connectivity index (χ2v) is 3.72. The number of halogens is 3. The average molecular weight is 279 g/mol. The van der Waals surface area contributed by atoms with E-state index < -0.39 is 17.5 Å². The minimum absolute atomic E-state index is 0.0646. The number of nitro groups is 1. The van der Waals surface area contributed by atoms with Crippen molar-refractivity contribution in [2.24, 2.45) is 0 Å². The number of aromatic nitrogens is 2. The molecule has 0 aliphatic heterocycles. The van der Waals surface area contributed by atoms with Crippen LogP contribution in [0.2, 0.25) is 0 Å². The molecule has 106 valence electrons. The zero-order valence-electron chi connectivity index (χ0n) is 9.78. The van der Waals surface area contributed by atoms with Crippen LogP contribution in [0.1, 0.15) is 19.3 Å². The van der Waals surface area contributed by atoms with Crippen molar-refractivity contribution < 1.29 is 18.1 Å². The van der Waals surface area contributed by atoms with Gasteiger partial charge in [0.15, 0.2) is 0 Å². The first-order valence-electron chi connectivity index (χ1n) is 5.37. The third-order valence-electron chi connectivity index (χ3n) is 2.16. The Kier molecular flexibility index (Phi) is 4.84. The van der Waals surface area contributed by atoms with Crippen LogP contribution in [-0.2, 0) is 0 Å². The standard InChI is InChI=1S/C9H12F3N5O2/c10-9(11,12)3-1-2-4-14-7-6(17(18)19)5-15-8(13)16-7/h5H,1-4H2,(H3,13,14,15,16). The molecule has 1 heterocycles. The number of anilines is 2. The van der Waals surface area contributed by atoms with Crippen molar-refractivity contribution in [1.82, 2.24) is 9.97 Å². The van der Waals surface area contributed by atoms with E-state index in [9.17, 15) is 23.3 Å². The molecule has 1 aromatic rings. The predicted molar refractivity (Wildman–Crippen MR) is 61.5 cm³/mol. The van der Waals surface area contributed by atoms with E-state index in [-0.39, 0.29) is 36.8 Å². The van der Waals surface area contributed by atoms with E-state index in [0.29, 0.717) is 0 Å². The Morgan fingerprint density at radius 3 is 2.68 bits per heavy atom. The highest BCUT2D eigenvalue weighted by atomic mass is 19.4. The van der Waals surface area contributed by atoms with Crippen LogP contribution in [0.4, 0.5) is 30.6 Å². The van der Waals surface area contributed by atoms with Gasteiger partial charge in [0.2, 0.25) is 11.8 Å². The molecule has 0 saturated heterocycles. The van der Waals surface area contributed by atoms with E-state index in [1.807, 2.05) is 0 Å². The highest BCUT2D eigenvalue weighted by Gasteiger charge is 2.25. The number of hydrogen-bond donors (Lipinski definition) is 2. The summed E-state index contributed by atoms with van der Waals surface area (Å²) in [5, 5.41) is 13.2. The van der Waals surface area contributed by atoms with Gasteiger partial charge in [-0.05, 0) is 12.8 Å². The summed E-state index contributed by atoms with van der Waals surface area (Å²) in [6.07, 6.45) is -3.99. The third kappa shape index (κ3) is 5.36. The van der Waals surface area contributed by atoms with Crippen molar-refractivity contribution in [3.63, 3.8) is 0 Å². The van der Waals surface area contributed by atoms with Crippen molar-refractivity contribution >= 4 is 17.5 Å². The van der Waals surface area contributed by atoms with E-state index in [2.05, 4.69) is 15.3 Å². The van der Waals surface area contributed by atoms with Gasteiger partial charge in [-0.2, -0.15) is 18.2 Å². The van der Waals surface area contributed by atoms with E-state index in [1.165, 1.54) is 0 Å². The number of nitrogens with two attached hydrogens (primary N) is 1. The highest BCUT2D eigenvalue weighted by Crippen LogP contribution is 2.23. The summed E-state index contributed by atoms with van der Waals surface area (Å²) in [6.45, 7) is 0.132. The molecule has 0 spiro atoms. The molecule has 1 rings (SSSR count). The summed E-state index contributed by atoms with van der Waals surface area (Å²) in [4.78, 5) is 17.1. The van der Waals surface area contributed by atoms with Gasteiger partial charge in [0, 0.05) is 13.0 Å². The predicted octanol–water partition coefficient (Wildman–Crippen LogP) is 2.11. The molecule has 0 amide bonds. The van der Waals surface area contributed by atoms with Crippen molar-refractivity contribution in [3.05, 3.63) is 16.3 Å².